The Hall–Kier alpha value is -2.18. The molecule has 2 aliphatic carbocycles. The zero-order valence-electron chi connectivity index (χ0n) is 18.9. The lowest BCUT2D eigenvalue weighted by Gasteiger charge is -2.38. The number of aliphatic hydroxyl groups is 1. The molecule has 31 heavy (non-hydrogen) atoms. The second-order valence-electron chi connectivity index (χ2n) is 8.96. The molecule has 1 amide bonds. The first-order chi connectivity index (χ1) is 15.2. The SMILES string of the molecule is [2H]C1(O)CCC(N(C(=O)C2CCC(C)CC2)c2cc(-c3ccccc3)sc2C(=O)O)CC1. The molecule has 2 saturated carbocycles. The van der Waals surface area contributed by atoms with E-state index in [0.717, 1.165) is 36.1 Å². The number of anilines is 1. The van der Waals surface area contributed by atoms with Gasteiger partial charge in [-0.2, -0.15) is 0 Å². The normalized spacial score (nSPS) is 29.2. The van der Waals surface area contributed by atoms with Crippen molar-refractivity contribution in [3.63, 3.8) is 0 Å². The largest absolute Gasteiger partial charge is 0.477 e. The average molecular weight is 443 g/mol. The Bertz CT molecular complexity index is 956. The maximum absolute atomic E-state index is 13.8. The van der Waals surface area contributed by atoms with Gasteiger partial charge in [0.15, 0.2) is 0 Å². The van der Waals surface area contributed by atoms with Crippen LogP contribution in [0.25, 0.3) is 10.4 Å². The zero-order valence-corrected chi connectivity index (χ0v) is 18.7. The molecular formula is C25H31NO4S. The first-order valence-corrected chi connectivity index (χ1v) is 12.0. The maximum Gasteiger partial charge on any atom is 0.348 e. The summed E-state index contributed by atoms with van der Waals surface area (Å²) in [6.45, 7) is 2.21. The number of carboxylic acid groups (broad SMARTS) is 1. The van der Waals surface area contributed by atoms with Crippen molar-refractivity contribution >= 4 is 28.9 Å². The van der Waals surface area contributed by atoms with Gasteiger partial charge in [0.1, 0.15) is 4.88 Å². The molecule has 2 N–H and O–H groups in total. The molecule has 2 aromatic rings. The second-order valence-corrected chi connectivity index (χ2v) is 10.0. The van der Waals surface area contributed by atoms with Gasteiger partial charge in [0.2, 0.25) is 5.91 Å². The van der Waals surface area contributed by atoms with Gasteiger partial charge in [0.25, 0.3) is 0 Å². The van der Waals surface area contributed by atoms with E-state index in [-0.39, 0.29) is 35.6 Å². The summed E-state index contributed by atoms with van der Waals surface area (Å²) in [5.41, 5.74) is 1.39. The lowest BCUT2D eigenvalue weighted by molar-refractivity contribution is -0.124. The minimum atomic E-state index is -1.47. The molecule has 1 aromatic carbocycles. The van der Waals surface area contributed by atoms with Crippen LogP contribution >= 0.6 is 11.3 Å². The van der Waals surface area contributed by atoms with Crippen LogP contribution in [0.3, 0.4) is 0 Å². The third-order valence-electron chi connectivity index (χ3n) is 6.72. The van der Waals surface area contributed by atoms with Crippen LogP contribution in [0.1, 0.15) is 69.3 Å². The topological polar surface area (TPSA) is 77.8 Å². The summed E-state index contributed by atoms with van der Waals surface area (Å²) in [6.07, 6.45) is 3.73. The third kappa shape index (κ3) is 4.85. The van der Waals surface area contributed by atoms with Crippen molar-refractivity contribution < 1.29 is 21.2 Å². The monoisotopic (exact) mass is 442 g/mol. The Kier molecular flexibility index (Phi) is 6.37. The van der Waals surface area contributed by atoms with E-state index in [0.29, 0.717) is 24.4 Å². The summed E-state index contributed by atoms with van der Waals surface area (Å²) in [4.78, 5) is 28.7. The average Bonchev–Trinajstić information content (AvgIpc) is 3.21. The van der Waals surface area contributed by atoms with Gasteiger partial charge in [0.05, 0.1) is 13.1 Å². The molecule has 2 fully saturated rings. The molecular weight excluding hydrogens is 410 g/mol. The summed E-state index contributed by atoms with van der Waals surface area (Å²) in [6, 6.07) is 11.3. The van der Waals surface area contributed by atoms with Crippen molar-refractivity contribution in [2.75, 3.05) is 4.90 Å². The van der Waals surface area contributed by atoms with Crippen molar-refractivity contribution in [3.8, 4) is 10.4 Å². The third-order valence-corrected chi connectivity index (χ3v) is 7.89. The minimum absolute atomic E-state index is 0.00256. The van der Waals surface area contributed by atoms with E-state index in [1.165, 1.54) is 11.3 Å². The molecule has 0 atom stereocenters. The van der Waals surface area contributed by atoms with Gasteiger partial charge in [-0.1, -0.05) is 37.3 Å². The number of hydrogen-bond acceptors (Lipinski definition) is 4. The van der Waals surface area contributed by atoms with Crippen LogP contribution in [-0.2, 0) is 4.79 Å². The predicted molar refractivity (Wildman–Crippen MR) is 124 cm³/mol. The van der Waals surface area contributed by atoms with Crippen LogP contribution in [-0.4, -0.2) is 34.2 Å². The highest BCUT2D eigenvalue weighted by atomic mass is 32.1. The number of thiophene rings is 1. The number of nitrogens with zero attached hydrogens (tertiary/aromatic N) is 1. The lowest BCUT2D eigenvalue weighted by Crippen LogP contribution is -2.47. The van der Waals surface area contributed by atoms with E-state index in [1.807, 2.05) is 36.4 Å². The number of carbonyl (C=O) groups excluding carboxylic acids is 1. The van der Waals surface area contributed by atoms with E-state index in [4.69, 9.17) is 1.37 Å². The van der Waals surface area contributed by atoms with E-state index in [9.17, 15) is 19.8 Å². The van der Waals surface area contributed by atoms with Crippen LogP contribution in [0.2, 0.25) is 0 Å². The minimum Gasteiger partial charge on any atom is -0.477 e. The summed E-state index contributed by atoms with van der Waals surface area (Å²) in [5.74, 6) is -0.530. The van der Waals surface area contributed by atoms with Gasteiger partial charge in [-0.05, 0) is 68.9 Å². The van der Waals surface area contributed by atoms with Crippen molar-refractivity contribution in [1.82, 2.24) is 0 Å². The Morgan fingerprint density at radius 3 is 2.29 bits per heavy atom. The van der Waals surface area contributed by atoms with E-state index in [2.05, 4.69) is 6.92 Å². The summed E-state index contributed by atoms with van der Waals surface area (Å²) >= 11 is 1.20. The number of benzene rings is 1. The molecule has 0 unspecified atom stereocenters. The quantitative estimate of drug-likeness (QED) is 0.634. The number of hydrogen-bond donors (Lipinski definition) is 2. The predicted octanol–water partition coefficient (Wildman–Crippen LogP) is 5.58. The summed E-state index contributed by atoms with van der Waals surface area (Å²) in [5, 5.41) is 20.1. The van der Waals surface area contributed by atoms with Crippen LogP contribution in [0, 0.1) is 11.8 Å². The molecule has 1 heterocycles. The zero-order chi connectivity index (χ0) is 22.9. The van der Waals surface area contributed by atoms with Crippen LogP contribution in [0.5, 0.6) is 0 Å². The van der Waals surface area contributed by atoms with E-state index < -0.39 is 12.0 Å². The molecule has 1 aromatic heterocycles. The first-order valence-electron chi connectivity index (χ1n) is 11.7. The molecule has 166 valence electrons. The fourth-order valence-corrected chi connectivity index (χ4v) is 5.84. The van der Waals surface area contributed by atoms with Crippen molar-refractivity contribution in [2.24, 2.45) is 11.8 Å². The fourth-order valence-electron chi connectivity index (χ4n) is 4.85. The van der Waals surface area contributed by atoms with Crippen molar-refractivity contribution in [3.05, 3.63) is 41.3 Å². The van der Waals surface area contributed by atoms with Gasteiger partial charge >= 0.3 is 5.97 Å². The molecule has 0 saturated heterocycles. The molecule has 0 spiro atoms. The molecule has 0 aliphatic heterocycles. The Morgan fingerprint density at radius 2 is 1.68 bits per heavy atom. The van der Waals surface area contributed by atoms with Crippen molar-refractivity contribution in [1.29, 1.82) is 0 Å². The van der Waals surface area contributed by atoms with E-state index >= 15 is 0 Å². The van der Waals surface area contributed by atoms with Crippen LogP contribution in [0.15, 0.2) is 36.4 Å². The van der Waals surface area contributed by atoms with Crippen molar-refractivity contribution in [2.45, 2.75) is 70.4 Å². The fraction of sp³-hybridized carbons (Fsp3) is 0.520. The van der Waals surface area contributed by atoms with Gasteiger partial charge in [-0.3, -0.25) is 4.79 Å². The van der Waals surface area contributed by atoms with Gasteiger partial charge in [0, 0.05) is 16.8 Å². The number of carboxylic acids is 1. The Morgan fingerprint density at radius 1 is 1.03 bits per heavy atom. The number of carbonyl (C=O) groups is 2. The summed E-state index contributed by atoms with van der Waals surface area (Å²) < 4.78 is 7.97. The second kappa shape index (κ2) is 9.53. The molecule has 0 radical (unpaired) electrons. The summed E-state index contributed by atoms with van der Waals surface area (Å²) in [7, 11) is 0. The molecule has 5 nitrogen and oxygen atoms in total. The number of amides is 1. The molecule has 4 rings (SSSR count). The molecule has 6 heteroatoms. The Labute approximate surface area is 189 Å². The molecule has 0 bridgehead atoms. The maximum atomic E-state index is 13.8. The van der Waals surface area contributed by atoms with Gasteiger partial charge in [-0.25, -0.2) is 4.79 Å². The number of rotatable bonds is 5. The van der Waals surface area contributed by atoms with Crippen LogP contribution < -0.4 is 4.90 Å². The first kappa shape index (κ1) is 20.7. The Balaban J connectivity index is 1.73. The lowest BCUT2D eigenvalue weighted by atomic mass is 9.81. The van der Waals surface area contributed by atoms with Gasteiger partial charge in [-0.15, -0.1) is 11.3 Å². The highest BCUT2D eigenvalue weighted by Gasteiger charge is 2.37. The van der Waals surface area contributed by atoms with Gasteiger partial charge < -0.3 is 15.1 Å². The molecule has 2 aliphatic rings. The smallest absolute Gasteiger partial charge is 0.348 e. The number of aromatic carboxylic acids is 1. The highest BCUT2D eigenvalue weighted by Crippen LogP contribution is 2.41. The van der Waals surface area contributed by atoms with E-state index in [1.54, 1.807) is 4.90 Å². The van der Waals surface area contributed by atoms with Crippen LogP contribution in [0.4, 0.5) is 5.69 Å². The highest BCUT2D eigenvalue weighted by molar-refractivity contribution is 7.18. The standard InChI is InChI=1S/C25H31NO4S/c1-16-7-9-18(10-8-16)24(28)26(19-11-13-20(27)14-12-19)21-15-22(31-23(21)25(29)30)17-5-3-2-4-6-17/h2-6,15-16,18-20,27H,7-14H2,1H3,(H,29,30)/i20D.